The molecule has 0 saturated carbocycles. The smallest absolute Gasteiger partial charge is 0.195 e. The van der Waals surface area contributed by atoms with Gasteiger partial charge in [-0.2, -0.15) is 0 Å². The van der Waals surface area contributed by atoms with Gasteiger partial charge in [-0.25, -0.2) is 13.5 Å². The molecule has 0 amide bonds. The summed E-state index contributed by atoms with van der Waals surface area (Å²) in [6, 6.07) is 40.2. The molecule has 1 aliphatic heterocycles. The Labute approximate surface area is 198 Å². The van der Waals surface area contributed by atoms with E-state index in [1.807, 2.05) is 97.1 Å². The highest BCUT2D eigenvalue weighted by Crippen LogP contribution is 2.80. The molecular weight excluding hydrogens is 494 g/mol. The molecule has 8 heteroatoms. The predicted molar refractivity (Wildman–Crippen MR) is 144 cm³/mol. The van der Waals surface area contributed by atoms with Crippen molar-refractivity contribution in [2.24, 2.45) is 13.5 Å². The van der Waals surface area contributed by atoms with Gasteiger partial charge >= 0.3 is 0 Å². The largest absolute Gasteiger partial charge is 0.213 e. The Morgan fingerprint density at radius 3 is 1.06 bits per heavy atom. The Bertz CT molecular complexity index is 1320. The highest BCUT2D eigenvalue weighted by molar-refractivity contribution is 8.11. The van der Waals surface area contributed by atoms with Crippen LogP contribution in [0.2, 0.25) is 0 Å². The Morgan fingerprint density at radius 1 is 0.375 bits per heavy atom. The van der Waals surface area contributed by atoms with Crippen LogP contribution in [0.4, 0.5) is 0 Å². The van der Waals surface area contributed by atoms with Crippen molar-refractivity contribution in [3.8, 4) is 0 Å². The van der Waals surface area contributed by atoms with E-state index in [0.717, 1.165) is 21.2 Å². The van der Waals surface area contributed by atoms with Crippen LogP contribution in [0.3, 0.4) is 0 Å². The third-order valence-electron chi connectivity index (χ3n) is 5.13. The van der Waals surface area contributed by atoms with Crippen LogP contribution in [0.25, 0.3) is 0 Å². The van der Waals surface area contributed by atoms with Crippen molar-refractivity contribution >= 4 is 64.0 Å². The van der Waals surface area contributed by atoms with Crippen LogP contribution in [0.1, 0.15) is 0 Å². The van der Waals surface area contributed by atoms with Crippen LogP contribution in [-0.2, 0) is 0 Å². The first kappa shape index (κ1) is 22.0. The van der Waals surface area contributed by atoms with E-state index in [2.05, 4.69) is 24.3 Å². The summed E-state index contributed by atoms with van der Waals surface area (Å²) < 4.78 is 15.8. The van der Waals surface area contributed by atoms with Crippen LogP contribution in [0, 0.1) is 0 Å². The molecule has 0 bridgehead atoms. The molecule has 0 N–H and O–H groups in total. The second kappa shape index (κ2) is 8.83. The lowest BCUT2D eigenvalue weighted by Gasteiger charge is -2.32. The Morgan fingerprint density at radius 2 is 0.688 bits per heavy atom. The van der Waals surface area contributed by atoms with Crippen LogP contribution in [0.15, 0.2) is 135 Å². The number of rotatable bonds is 4. The molecule has 160 valence electrons. The van der Waals surface area contributed by atoms with E-state index < -0.39 is 20.3 Å². The van der Waals surface area contributed by atoms with E-state index in [4.69, 9.17) is 36.0 Å². The van der Waals surface area contributed by atoms with E-state index in [1.165, 1.54) is 0 Å². The van der Waals surface area contributed by atoms with Gasteiger partial charge in [0.15, 0.2) is 13.1 Å². The monoisotopic (exact) mass is 513 g/mol. The average molecular weight is 514 g/mol. The lowest BCUT2D eigenvalue weighted by atomic mass is 10.4. The van der Waals surface area contributed by atoms with E-state index in [-0.39, 0.29) is 0 Å². The summed E-state index contributed by atoms with van der Waals surface area (Å²) >= 11 is 14.8. The maximum atomic E-state index is 7.41. The van der Waals surface area contributed by atoms with Crippen LogP contribution >= 0.6 is 42.8 Å². The molecule has 0 radical (unpaired) electrons. The summed E-state index contributed by atoms with van der Waals surface area (Å²) in [6.45, 7) is -5.72. The number of nitrogens with zero attached hydrogens (tertiary/aromatic N) is 3. The molecule has 1 heterocycles. The van der Waals surface area contributed by atoms with E-state index in [0.29, 0.717) is 0 Å². The van der Waals surface area contributed by atoms with E-state index in [1.54, 1.807) is 0 Å². The van der Waals surface area contributed by atoms with Gasteiger partial charge in [-0.1, -0.05) is 121 Å². The summed E-state index contributed by atoms with van der Waals surface area (Å²) in [5, 5.41) is 3.86. The molecular formula is C24H20Cl2N3P3. The summed E-state index contributed by atoms with van der Waals surface area (Å²) in [5.74, 6) is 0. The lowest BCUT2D eigenvalue weighted by Crippen LogP contribution is -2.17. The minimum Gasteiger partial charge on any atom is -0.213 e. The highest BCUT2D eigenvalue weighted by atomic mass is 35.7. The van der Waals surface area contributed by atoms with Crippen LogP contribution in [-0.4, -0.2) is 0 Å². The zero-order chi connectivity index (χ0) is 22.1. The van der Waals surface area contributed by atoms with Crippen LogP contribution in [0.5, 0.6) is 0 Å². The molecule has 32 heavy (non-hydrogen) atoms. The fourth-order valence-electron chi connectivity index (χ4n) is 3.62. The molecule has 0 spiro atoms. The zero-order valence-electron chi connectivity index (χ0n) is 17.0. The van der Waals surface area contributed by atoms with Crippen molar-refractivity contribution in [3.05, 3.63) is 121 Å². The number of benzene rings is 4. The molecule has 4 aromatic carbocycles. The summed E-state index contributed by atoms with van der Waals surface area (Å²) in [4.78, 5) is 0. The van der Waals surface area contributed by atoms with Gasteiger partial charge in [0, 0.05) is 21.2 Å². The third kappa shape index (κ3) is 3.99. The number of hydrogen-bond donors (Lipinski definition) is 0. The van der Waals surface area contributed by atoms with Gasteiger partial charge in [0.1, 0.15) is 7.21 Å². The second-order valence-corrected chi connectivity index (χ2v) is 17.6. The molecule has 5 rings (SSSR count). The Kier molecular flexibility index (Phi) is 6.06. The molecule has 4 aromatic rings. The maximum absolute atomic E-state index is 7.41. The zero-order valence-corrected chi connectivity index (χ0v) is 21.2. The normalized spacial score (nSPS) is 23.9. The van der Waals surface area contributed by atoms with Gasteiger partial charge in [0.2, 0.25) is 0 Å². The molecule has 0 unspecified atom stereocenters. The average Bonchev–Trinajstić information content (AvgIpc) is 2.86. The Hall–Kier alpha value is -1.85. The summed E-state index contributed by atoms with van der Waals surface area (Å²) in [7, 11) is -2.68. The first-order valence-corrected chi connectivity index (χ1v) is 17.0. The topological polar surface area (TPSA) is 37.1 Å². The van der Waals surface area contributed by atoms with Crippen molar-refractivity contribution in [2.75, 3.05) is 0 Å². The first-order chi connectivity index (χ1) is 15.5. The highest BCUT2D eigenvalue weighted by Gasteiger charge is 2.38. The SMILES string of the molecule is Cl[P@]1(c2ccccc2)=NP(c2ccccc2)(c2ccccc2)=N[P@@](Cl)(c2ccccc2)=N1. The van der Waals surface area contributed by atoms with E-state index in [9.17, 15) is 0 Å². The number of halogens is 2. The fourth-order valence-corrected chi connectivity index (χ4v) is 19.4. The third-order valence-corrected chi connectivity index (χ3v) is 18.6. The second-order valence-electron chi connectivity index (χ2n) is 7.26. The minimum atomic E-state index is -2.86. The standard InChI is InChI=1S/C24H20Cl2N3P3/c25-31(23-17-9-3-10-18-23)27-30(21-13-5-1-6-14-21,22-15-7-2-8-16-22)28-32(26,29-31)24-19-11-4-12-20-24/h1-20H/t31-,32+. The van der Waals surface area contributed by atoms with Crippen molar-refractivity contribution < 1.29 is 0 Å². The van der Waals surface area contributed by atoms with Gasteiger partial charge in [-0.3, -0.25) is 0 Å². The summed E-state index contributed by atoms with van der Waals surface area (Å²) in [5.41, 5.74) is 0. The van der Waals surface area contributed by atoms with Gasteiger partial charge in [-0.05, 0) is 22.5 Å². The van der Waals surface area contributed by atoms with E-state index >= 15 is 0 Å². The maximum Gasteiger partial charge on any atom is 0.195 e. The summed E-state index contributed by atoms with van der Waals surface area (Å²) in [6.07, 6.45) is 0. The lowest BCUT2D eigenvalue weighted by molar-refractivity contribution is 1.65. The Balaban J connectivity index is 1.96. The predicted octanol–water partition coefficient (Wildman–Crippen LogP) is 7.96. The molecule has 0 aliphatic carbocycles. The number of hydrogen-bond acceptors (Lipinski definition) is 3. The molecule has 0 aromatic heterocycles. The van der Waals surface area contributed by atoms with Gasteiger partial charge in [0.25, 0.3) is 0 Å². The van der Waals surface area contributed by atoms with Crippen molar-refractivity contribution in [2.45, 2.75) is 0 Å². The molecule has 0 fully saturated rings. The molecule has 1 aliphatic rings. The molecule has 0 saturated heterocycles. The van der Waals surface area contributed by atoms with Crippen LogP contribution < -0.4 is 21.2 Å². The van der Waals surface area contributed by atoms with Crippen molar-refractivity contribution in [1.82, 2.24) is 0 Å². The fraction of sp³-hybridized carbons (Fsp3) is 0. The van der Waals surface area contributed by atoms with Gasteiger partial charge in [0.05, 0.1) is 0 Å². The van der Waals surface area contributed by atoms with Crippen molar-refractivity contribution in [1.29, 1.82) is 0 Å². The van der Waals surface area contributed by atoms with Gasteiger partial charge in [-0.15, -0.1) is 0 Å². The molecule has 2 atom stereocenters. The van der Waals surface area contributed by atoms with Crippen molar-refractivity contribution in [3.63, 3.8) is 0 Å². The quantitative estimate of drug-likeness (QED) is 0.248. The molecule has 3 nitrogen and oxygen atoms in total. The minimum absolute atomic E-state index is 0.897. The first-order valence-electron chi connectivity index (χ1n) is 10.1. The van der Waals surface area contributed by atoms with Gasteiger partial charge < -0.3 is 0 Å².